The molecule has 0 fully saturated rings. The Morgan fingerprint density at radius 2 is 2.09 bits per heavy atom. The van der Waals surface area contributed by atoms with Crippen molar-refractivity contribution < 1.29 is 9.53 Å². The number of hydrogen-bond donors (Lipinski definition) is 1. The number of nitrogen functional groups attached to an aromatic ring is 1. The summed E-state index contributed by atoms with van der Waals surface area (Å²) in [5.41, 5.74) is 8.61. The van der Waals surface area contributed by atoms with E-state index in [4.69, 9.17) is 15.7 Å². The Morgan fingerprint density at radius 1 is 1.30 bits per heavy atom. The molecule has 23 heavy (non-hydrogen) atoms. The van der Waals surface area contributed by atoms with Crippen molar-refractivity contribution in [2.24, 2.45) is 0 Å². The van der Waals surface area contributed by atoms with Gasteiger partial charge in [0.15, 0.2) is 6.10 Å². The minimum atomic E-state index is -0.511. The van der Waals surface area contributed by atoms with Crippen LogP contribution in [0.4, 0.5) is 11.4 Å². The predicted octanol–water partition coefficient (Wildman–Crippen LogP) is 2.84. The van der Waals surface area contributed by atoms with Crippen LogP contribution in [0.2, 0.25) is 0 Å². The van der Waals surface area contributed by atoms with Crippen LogP contribution in [0.1, 0.15) is 24.5 Å². The third-order valence-electron chi connectivity index (χ3n) is 3.88. The highest BCUT2D eigenvalue weighted by atomic mass is 16.5. The number of para-hydroxylation sites is 1. The highest BCUT2D eigenvalue weighted by molar-refractivity contribution is 6.02. The lowest BCUT2D eigenvalue weighted by atomic mass is 10.1. The van der Waals surface area contributed by atoms with E-state index >= 15 is 0 Å². The number of ether oxygens (including phenoxy) is 1. The van der Waals surface area contributed by atoms with Crippen LogP contribution in [0.15, 0.2) is 42.5 Å². The van der Waals surface area contributed by atoms with Crippen LogP contribution in [0.3, 0.4) is 0 Å². The van der Waals surface area contributed by atoms with Gasteiger partial charge in [0.2, 0.25) is 0 Å². The molecule has 2 aromatic carbocycles. The van der Waals surface area contributed by atoms with Crippen LogP contribution in [0.25, 0.3) is 0 Å². The van der Waals surface area contributed by atoms with E-state index in [1.165, 1.54) is 0 Å². The molecular weight excluding hydrogens is 290 g/mol. The molecule has 0 aliphatic carbocycles. The molecule has 3 rings (SSSR count). The Hall–Kier alpha value is -3.00. The Balaban J connectivity index is 2.02. The number of nitriles is 1. The molecule has 5 nitrogen and oxygen atoms in total. The molecule has 1 aliphatic rings. The quantitative estimate of drug-likeness (QED) is 0.884. The minimum Gasteiger partial charge on any atom is -0.478 e. The summed E-state index contributed by atoms with van der Waals surface area (Å²) in [6.45, 7) is 2.27. The zero-order valence-corrected chi connectivity index (χ0v) is 12.8. The monoisotopic (exact) mass is 307 g/mol. The smallest absolute Gasteiger partial charge is 0.268 e. The first kappa shape index (κ1) is 14.9. The summed E-state index contributed by atoms with van der Waals surface area (Å²) < 4.78 is 5.76. The van der Waals surface area contributed by atoms with E-state index in [-0.39, 0.29) is 5.91 Å². The van der Waals surface area contributed by atoms with Gasteiger partial charge in [0.05, 0.1) is 23.9 Å². The Labute approximate surface area is 134 Å². The van der Waals surface area contributed by atoms with E-state index in [1.54, 1.807) is 23.1 Å². The maximum atomic E-state index is 12.7. The Bertz CT molecular complexity index is 795. The average molecular weight is 307 g/mol. The van der Waals surface area contributed by atoms with Crippen LogP contribution in [0, 0.1) is 11.3 Å². The second-order valence-corrected chi connectivity index (χ2v) is 5.45. The standard InChI is InChI=1S/C18H17N3O2/c1-2-15-18(22)21(11-13-6-3-5-12(9-13)10-19)17-14(20)7-4-8-16(17)23-15/h3-9,15H,2,11,20H2,1H3. The fraction of sp³-hybridized carbons (Fsp3) is 0.222. The molecule has 0 saturated carbocycles. The molecule has 1 atom stereocenters. The third-order valence-corrected chi connectivity index (χ3v) is 3.88. The maximum Gasteiger partial charge on any atom is 0.268 e. The number of anilines is 2. The van der Waals surface area contributed by atoms with E-state index in [0.29, 0.717) is 35.7 Å². The molecule has 0 saturated heterocycles. The average Bonchev–Trinajstić information content (AvgIpc) is 2.57. The van der Waals surface area contributed by atoms with E-state index in [2.05, 4.69) is 6.07 Å². The molecule has 2 N–H and O–H groups in total. The van der Waals surface area contributed by atoms with Crippen LogP contribution < -0.4 is 15.4 Å². The molecule has 0 radical (unpaired) electrons. The minimum absolute atomic E-state index is 0.111. The zero-order chi connectivity index (χ0) is 16.4. The Kier molecular flexibility index (Phi) is 3.90. The van der Waals surface area contributed by atoms with Crippen molar-refractivity contribution in [1.29, 1.82) is 5.26 Å². The van der Waals surface area contributed by atoms with Gasteiger partial charge in [-0.2, -0.15) is 5.26 Å². The lowest BCUT2D eigenvalue weighted by molar-refractivity contribution is -0.126. The number of nitrogens with two attached hydrogens (primary N) is 1. The molecule has 1 heterocycles. The summed E-state index contributed by atoms with van der Waals surface area (Å²) in [5, 5.41) is 9.03. The predicted molar refractivity (Wildman–Crippen MR) is 87.9 cm³/mol. The van der Waals surface area contributed by atoms with E-state index < -0.39 is 6.10 Å². The van der Waals surface area contributed by atoms with Crippen LogP contribution in [-0.4, -0.2) is 12.0 Å². The molecule has 1 amide bonds. The van der Waals surface area contributed by atoms with Crippen LogP contribution in [-0.2, 0) is 11.3 Å². The lowest BCUT2D eigenvalue weighted by Crippen LogP contribution is -2.45. The molecule has 0 spiro atoms. The molecule has 2 aromatic rings. The van der Waals surface area contributed by atoms with Gasteiger partial charge in [-0.15, -0.1) is 0 Å². The number of hydrogen-bond acceptors (Lipinski definition) is 4. The molecule has 0 aromatic heterocycles. The van der Waals surface area contributed by atoms with Crippen LogP contribution >= 0.6 is 0 Å². The fourth-order valence-corrected chi connectivity index (χ4v) is 2.75. The van der Waals surface area contributed by atoms with Crippen LogP contribution in [0.5, 0.6) is 5.75 Å². The number of rotatable bonds is 3. The number of nitrogens with zero attached hydrogens (tertiary/aromatic N) is 2. The first-order valence-electron chi connectivity index (χ1n) is 7.49. The van der Waals surface area contributed by atoms with Gasteiger partial charge in [0.1, 0.15) is 11.4 Å². The van der Waals surface area contributed by atoms with Gasteiger partial charge in [-0.1, -0.05) is 25.1 Å². The molecule has 5 heteroatoms. The first-order valence-corrected chi connectivity index (χ1v) is 7.49. The molecule has 0 bridgehead atoms. The first-order chi connectivity index (χ1) is 11.1. The van der Waals surface area contributed by atoms with E-state index in [0.717, 1.165) is 5.56 Å². The highest BCUT2D eigenvalue weighted by Crippen LogP contribution is 2.40. The summed E-state index contributed by atoms with van der Waals surface area (Å²) >= 11 is 0. The summed E-state index contributed by atoms with van der Waals surface area (Å²) in [7, 11) is 0. The maximum absolute atomic E-state index is 12.7. The normalized spacial score (nSPS) is 16.4. The van der Waals surface area contributed by atoms with Crippen molar-refractivity contribution in [1.82, 2.24) is 0 Å². The van der Waals surface area contributed by atoms with Crippen molar-refractivity contribution >= 4 is 17.3 Å². The van der Waals surface area contributed by atoms with Gasteiger partial charge in [-0.3, -0.25) is 9.69 Å². The second-order valence-electron chi connectivity index (χ2n) is 5.45. The van der Waals surface area contributed by atoms with Gasteiger partial charge in [0, 0.05) is 0 Å². The van der Waals surface area contributed by atoms with Gasteiger partial charge in [-0.25, -0.2) is 0 Å². The number of carbonyl (C=O) groups excluding carboxylic acids is 1. The lowest BCUT2D eigenvalue weighted by Gasteiger charge is -2.35. The zero-order valence-electron chi connectivity index (χ0n) is 12.8. The highest BCUT2D eigenvalue weighted by Gasteiger charge is 2.34. The topological polar surface area (TPSA) is 79.3 Å². The number of benzene rings is 2. The summed E-state index contributed by atoms with van der Waals surface area (Å²) in [4.78, 5) is 14.4. The van der Waals surface area contributed by atoms with Crippen molar-refractivity contribution in [3.8, 4) is 11.8 Å². The number of fused-ring (bicyclic) bond motifs is 1. The van der Waals surface area contributed by atoms with Gasteiger partial charge >= 0.3 is 0 Å². The van der Waals surface area contributed by atoms with E-state index in [1.807, 2.05) is 31.2 Å². The summed E-state index contributed by atoms with van der Waals surface area (Å²) in [6, 6.07) is 14.7. The molecular formula is C18H17N3O2. The summed E-state index contributed by atoms with van der Waals surface area (Å²) in [6.07, 6.45) is 0.0744. The molecule has 1 unspecified atom stereocenters. The second kappa shape index (κ2) is 6.01. The van der Waals surface area contributed by atoms with Crippen molar-refractivity contribution in [3.63, 3.8) is 0 Å². The van der Waals surface area contributed by atoms with Crippen molar-refractivity contribution in [3.05, 3.63) is 53.6 Å². The third kappa shape index (κ3) is 2.71. The fourth-order valence-electron chi connectivity index (χ4n) is 2.75. The van der Waals surface area contributed by atoms with Gasteiger partial charge in [-0.05, 0) is 36.2 Å². The largest absolute Gasteiger partial charge is 0.478 e. The molecule has 116 valence electrons. The van der Waals surface area contributed by atoms with Crippen molar-refractivity contribution in [2.75, 3.05) is 10.6 Å². The Morgan fingerprint density at radius 3 is 2.83 bits per heavy atom. The van der Waals surface area contributed by atoms with Gasteiger partial charge in [0.25, 0.3) is 5.91 Å². The van der Waals surface area contributed by atoms with Gasteiger partial charge < -0.3 is 10.5 Å². The SMILES string of the molecule is CCC1Oc2cccc(N)c2N(Cc2cccc(C#N)c2)C1=O. The summed E-state index contributed by atoms with van der Waals surface area (Å²) in [5.74, 6) is 0.508. The van der Waals surface area contributed by atoms with Crippen molar-refractivity contribution in [2.45, 2.75) is 26.0 Å². The number of carbonyl (C=O) groups is 1. The molecule has 1 aliphatic heterocycles. The number of amides is 1. The van der Waals surface area contributed by atoms with E-state index in [9.17, 15) is 4.79 Å².